The third-order valence-electron chi connectivity index (χ3n) is 3.09. The Morgan fingerprint density at radius 3 is 2.67 bits per heavy atom. The molecule has 1 heterocycles. The number of hydrogen-bond donors (Lipinski definition) is 1. The monoisotopic (exact) mass is 297 g/mol. The molecule has 0 atom stereocenters. The van der Waals surface area contributed by atoms with Crippen LogP contribution in [-0.4, -0.2) is 29.4 Å². The molecule has 2 N–H and O–H groups in total. The number of nitrogens with zero attached hydrogens (tertiary/aromatic N) is 2. The number of nitrogen functional groups attached to an aromatic ring is 1. The first-order valence-corrected chi connectivity index (χ1v) is 6.66. The van der Waals surface area contributed by atoms with E-state index < -0.39 is 6.43 Å². The van der Waals surface area contributed by atoms with Gasteiger partial charge in [-0.15, -0.1) is 23.7 Å². The van der Waals surface area contributed by atoms with E-state index >= 15 is 0 Å². The van der Waals surface area contributed by atoms with Crippen molar-refractivity contribution in [1.29, 1.82) is 0 Å². The minimum atomic E-state index is -2.28. The van der Waals surface area contributed by atoms with Crippen molar-refractivity contribution in [3.05, 3.63) is 11.1 Å². The van der Waals surface area contributed by atoms with Gasteiger partial charge in [0.25, 0.3) is 6.43 Å². The average Bonchev–Trinajstić information content (AvgIpc) is 2.56. The average molecular weight is 298 g/mol. The van der Waals surface area contributed by atoms with Crippen LogP contribution in [0.4, 0.5) is 13.9 Å². The molecule has 104 valence electrons. The zero-order valence-electron chi connectivity index (χ0n) is 10.0. The number of anilines is 1. The molecular formula is C11H18ClF2N3S. The van der Waals surface area contributed by atoms with Crippen LogP contribution in [-0.2, 0) is 6.54 Å². The number of aromatic nitrogens is 1. The molecule has 1 aromatic heterocycles. The third-order valence-corrected chi connectivity index (χ3v) is 3.90. The van der Waals surface area contributed by atoms with E-state index in [0.29, 0.717) is 17.6 Å². The van der Waals surface area contributed by atoms with Gasteiger partial charge in [0.15, 0.2) is 5.13 Å². The molecule has 3 nitrogen and oxygen atoms in total. The number of alkyl halides is 2. The lowest BCUT2D eigenvalue weighted by Gasteiger charge is -2.31. The molecule has 0 bridgehead atoms. The van der Waals surface area contributed by atoms with Gasteiger partial charge in [-0.1, -0.05) is 6.42 Å². The van der Waals surface area contributed by atoms with Gasteiger partial charge >= 0.3 is 0 Å². The lowest BCUT2D eigenvalue weighted by Crippen LogP contribution is -2.35. The molecular weight excluding hydrogens is 280 g/mol. The van der Waals surface area contributed by atoms with Crippen molar-refractivity contribution in [2.45, 2.75) is 32.2 Å². The van der Waals surface area contributed by atoms with E-state index in [2.05, 4.69) is 4.98 Å². The van der Waals surface area contributed by atoms with Crippen molar-refractivity contribution in [3.63, 3.8) is 0 Å². The highest BCUT2D eigenvalue weighted by molar-refractivity contribution is 7.15. The molecule has 1 saturated carbocycles. The first-order chi connectivity index (χ1) is 8.13. The molecule has 0 aliphatic heterocycles. The van der Waals surface area contributed by atoms with Crippen molar-refractivity contribution < 1.29 is 8.78 Å². The summed E-state index contributed by atoms with van der Waals surface area (Å²) in [5.74, 6) is 0.596. The lowest BCUT2D eigenvalue weighted by atomic mass is 9.85. The van der Waals surface area contributed by atoms with Crippen molar-refractivity contribution in [2.24, 2.45) is 5.92 Å². The Kier molecular flexibility index (Phi) is 6.25. The van der Waals surface area contributed by atoms with Crippen LogP contribution in [0.3, 0.4) is 0 Å². The highest BCUT2D eigenvalue weighted by Crippen LogP contribution is 2.28. The molecule has 0 spiro atoms. The summed E-state index contributed by atoms with van der Waals surface area (Å²) >= 11 is 1.38. The van der Waals surface area contributed by atoms with Crippen LogP contribution in [0.1, 0.15) is 24.1 Å². The number of halogens is 3. The minimum absolute atomic E-state index is 0. The van der Waals surface area contributed by atoms with Gasteiger partial charge in [0, 0.05) is 24.2 Å². The van der Waals surface area contributed by atoms with Gasteiger partial charge < -0.3 is 5.73 Å². The van der Waals surface area contributed by atoms with Crippen molar-refractivity contribution >= 4 is 28.9 Å². The van der Waals surface area contributed by atoms with Gasteiger partial charge in [-0.3, -0.25) is 4.90 Å². The molecule has 0 saturated heterocycles. The van der Waals surface area contributed by atoms with Crippen LogP contribution in [0.15, 0.2) is 6.20 Å². The molecule has 0 aromatic carbocycles. The second-order valence-electron chi connectivity index (χ2n) is 4.55. The van der Waals surface area contributed by atoms with Crippen LogP contribution in [0.25, 0.3) is 0 Å². The van der Waals surface area contributed by atoms with E-state index in [1.54, 1.807) is 6.20 Å². The Morgan fingerprint density at radius 1 is 1.50 bits per heavy atom. The van der Waals surface area contributed by atoms with Gasteiger partial charge in [0.05, 0.1) is 6.54 Å². The first kappa shape index (κ1) is 15.6. The Balaban J connectivity index is 0.00000162. The molecule has 0 unspecified atom stereocenters. The fourth-order valence-electron chi connectivity index (χ4n) is 2.06. The van der Waals surface area contributed by atoms with Crippen molar-refractivity contribution in [2.75, 3.05) is 18.8 Å². The molecule has 18 heavy (non-hydrogen) atoms. The molecule has 1 aliphatic rings. The Labute approximate surface area is 116 Å². The Morgan fingerprint density at radius 2 is 2.22 bits per heavy atom. The summed E-state index contributed by atoms with van der Waals surface area (Å²) in [5.41, 5.74) is 5.53. The molecule has 1 aromatic rings. The summed E-state index contributed by atoms with van der Waals surface area (Å²) in [7, 11) is 0. The van der Waals surface area contributed by atoms with Crippen LogP contribution in [0.5, 0.6) is 0 Å². The number of nitrogens with two attached hydrogens (primary N) is 1. The van der Waals surface area contributed by atoms with E-state index in [0.717, 1.165) is 11.4 Å². The maximum atomic E-state index is 12.5. The van der Waals surface area contributed by atoms with Crippen LogP contribution in [0.2, 0.25) is 0 Å². The predicted molar refractivity (Wildman–Crippen MR) is 72.4 cm³/mol. The molecule has 0 amide bonds. The predicted octanol–water partition coefficient (Wildman–Crippen LogP) is 3.01. The van der Waals surface area contributed by atoms with Gasteiger partial charge in [-0.2, -0.15) is 0 Å². The zero-order valence-corrected chi connectivity index (χ0v) is 11.7. The maximum Gasteiger partial charge on any atom is 0.251 e. The summed E-state index contributed by atoms with van der Waals surface area (Å²) < 4.78 is 25.0. The van der Waals surface area contributed by atoms with E-state index in [1.807, 2.05) is 4.90 Å². The molecule has 7 heteroatoms. The summed E-state index contributed by atoms with van der Waals surface area (Å²) in [4.78, 5) is 6.73. The quantitative estimate of drug-likeness (QED) is 0.877. The molecule has 1 aliphatic carbocycles. The topological polar surface area (TPSA) is 42.1 Å². The number of thiazole rings is 1. The second-order valence-corrected chi connectivity index (χ2v) is 5.69. The van der Waals surface area contributed by atoms with Crippen molar-refractivity contribution in [1.82, 2.24) is 9.88 Å². The fraction of sp³-hybridized carbons (Fsp3) is 0.727. The van der Waals surface area contributed by atoms with Gasteiger partial charge in [-0.25, -0.2) is 13.8 Å². The third kappa shape index (κ3) is 4.66. The number of rotatable bonds is 6. The number of hydrogen-bond acceptors (Lipinski definition) is 4. The molecule has 0 radical (unpaired) electrons. The van der Waals surface area contributed by atoms with E-state index in [4.69, 9.17) is 5.73 Å². The molecule has 1 fully saturated rings. The summed E-state index contributed by atoms with van der Waals surface area (Å²) in [6.07, 6.45) is 2.98. The highest BCUT2D eigenvalue weighted by Gasteiger charge is 2.22. The Hall–Kier alpha value is -0.460. The highest BCUT2D eigenvalue weighted by atomic mass is 35.5. The first-order valence-electron chi connectivity index (χ1n) is 5.84. The summed E-state index contributed by atoms with van der Waals surface area (Å²) in [5, 5.41) is 0.501. The lowest BCUT2D eigenvalue weighted by molar-refractivity contribution is 0.0671. The van der Waals surface area contributed by atoms with Gasteiger partial charge in [-0.05, 0) is 18.8 Å². The summed E-state index contributed by atoms with van der Waals surface area (Å²) in [6, 6.07) is 0. The normalized spacial score (nSPS) is 15.8. The standard InChI is InChI=1S/C11H17F2N3S.ClH/c12-10(13)7-16(5-8-2-1-3-8)6-9-4-15-11(14)17-9;/h4,8,10H,1-3,5-7H2,(H2,14,15);1H. The van der Waals surface area contributed by atoms with Crippen molar-refractivity contribution in [3.8, 4) is 0 Å². The van der Waals surface area contributed by atoms with E-state index in [1.165, 1.54) is 30.6 Å². The Bertz CT molecular complexity index is 358. The van der Waals surface area contributed by atoms with Crippen LogP contribution in [0, 0.1) is 5.92 Å². The molecule has 2 rings (SSSR count). The van der Waals surface area contributed by atoms with Crippen LogP contribution >= 0.6 is 23.7 Å². The summed E-state index contributed by atoms with van der Waals surface area (Å²) in [6.45, 7) is 1.14. The fourth-order valence-corrected chi connectivity index (χ4v) is 2.78. The van der Waals surface area contributed by atoms with E-state index in [-0.39, 0.29) is 19.0 Å². The van der Waals surface area contributed by atoms with Gasteiger partial charge in [0.2, 0.25) is 0 Å². The second kappa shape index (κ2) is 7.21. The maximum absolute atomic E-state index is 12.5. The van der Waals surface area contributed by atoms with E-state index in [9.17, 15) is 8.78 Å². The zero-order chi connectivity index (χ0) is 12.3. The van der Waals surface area contributed by atoms with Gasteiger partial charge in [0.1, 0.15) is 0 Å². The largest absolute Gasteiger partial charge is 0.375 e. The SMILES string of the molecule is Cl.Nc1ncc(CN(CC(F)F)CC2CCC2)s1. The smallest absolute Gasteiger partial charge is 0.251 e. The van der Waals surface area contributed by atoms with Crippen LogP contribution < -0.4 is 5.73 Å². The minimum Gasteiger partial charge on any atom is -0.375 e.